The van der Waals surface area contributed by atoms with Gasteiger partial charge in [-0.3, -0.25) is 9.59 Å². The van der Waals surface area contributed by atoms with Gasteiger partial charge in [0.05, 0.1) is 25.0 Å². The first kappa shape index (κ1) is 22.1. The lowest BCUT2D eigenvalue weighted by Gasteiger charge is -2.22. The Balaban J connectivity index is 1.85. The lowest BCUT2D eigenvalue weighted by molar-refractivity contribution is -0.120. The molecular weight excluding hydrogens is 416 g/mol. The number of benzene rings is 3. The van der Waals surface area contributed by atoms with Crippen LogP contribution in [-0.2, 0) is 16.1 Å². The molecular formula is C27H26N2O4. The van der Waals surface area contributed by atoms with Crippen LogP contribution in [-0.4, -0.2) is 37.5 Å². The number of ether oxygens (including phenoxy) is 2. The predicted octanol–water partition coefficient (Wildman–Crippen LogP) is 4.51. The van der Waals surface area contributed by atoms with Gasteiger partial charge in [0.25, 0.3) is 11.8 Å². The third kappa shape index (κ3) is 4.20. The Kier molecular flexibility index (Phi) is 6.45. The van der Waals surface area contributed by atoms with Gasteiger partial charge < -0.3 is 14.4 Å². The molecule has 0 N–H and O–H groups in total. The Morgan fingerprint density at radius 2 is 1.45 bits per heavy atom. The van der Waals surface area contributed by atoms with Crippen LogP contribution in [0, 0.1) is 0 Å². The Morgan fingerprint density at radius 1 is 0.818 bits per heavy atom. The summed E-state index contributed by atoms with van der Waals surface area (Å²) in [6.07, 6.45) is 0. The highest BCUT2D eigenvalue weighted by atomic mass is 16.5. The molecule has 168 valence electrons. The molecule has 0 fully saturated rings. The molecule has 2 amide bonds. The Morgan fingerprint density at radius 3 is 2.15 bits per heavy atom. The van der Waals surface area contributed by atoms with Crippen molar-refractivity contribution in [2.45, 2.75) is 13.5 Å². The number of likely N-dealkylation sites (N-methyl/N-ethyl adjacent to an activating group) is 1. The summed E-state index contributed by atoms with van der Waals surface area (Å²) >= 11 is 0. The molecule has 0 unspecified atom stereocenters. The summed E-state index contributed by atoms with van der Waals surface area (Å²) in [4.78, 5) is 30.6. The number of carbonyl (C=O) groups excluding carboxylic acids is 2. The smallest absolute Gasteiger partial charge is 0.282 e. The summed E-state index contributed by atoms with van der Waals surface area (Å²) in [5.41, 5.74) is 2.65. The predicted molar refractivity (Wildman–Crippen MR) is 128 cm³/mol. The summed E-state index contributed by atoms with van der Waals surface area (Å²) < 4.78 is 11.3. The van der Waals surface area contributed by atoms with Crippen molar-refractivity contribution in [3.63, 3.8) is 0 Å². The zero-order chi connectivity index (χ0) is 23.4. The van der Waals surface area contributed by atoms with Crippen LogP contribution in [0.2, 0.25) is 0 Å². The van der Waals surface area contributed by atoms with E-state index in [2.05, 4.69) is 0 Å². The van der Waals surface area contributed by atoms with Crippen LogP contribution in [0.5, 0.6) is 11.5 Å². The van der Waals surface area contributed by atoms with Crippen molar-refractivity contribution in [3.05, 3.63) is 95.7 Å². The molecule has 0 saturated heterocycles. The maximum atomic E-state index is 13.8. The monoisotopic (exact) mass is 442 g/mol. The highest BCUT2D eigenvalue weighted by Crippen LogP contribution is 2.40. The van der Waals surface area contributed by atoms with Gasteiger partial charge in [0.2, 0.25) is 0 Å². The SMILES string of the molecule is CCOc1ccccc1N1C(=O)C(c2ccccc2OC)=C(N(C)Cc2ccccc2)C1=O. The van der Waals surface area contributed by atoms with E-state index < -0.39 is 11.8 Å². The molecule has 0 spiro atoms. The number of nitrogens with zero attached hydrogens (tertiary/aromatic N) is 2. The number of methoxy groups -OCH3 is 1. The first-order valence-electron chi connectivity index (χ1n) is 10.8. The Bertz CT molecular complexity index is 1200. The maximum Gasteiger partial charge on any atom is 0.282 e. The minimum atomic E-state index is -0.411. The molecule has 0 radical (unpaired) electrons. The first-order chi connectivity index (χ1) is 16.1. The quantitative estimate of drug-likeness (QED) is 0.481. The van der Waals surface area contributed by atoms with Crippen LogP contribution in [0.15, 0.2) is 84.6 Å². The minimum Gasteiger partial charge on any atom is -0.496 e. The van der Waals surface area contributed by atoms with Crippen LogP contribution >= 0.6 is 0 Å². The minimum absolute atomic E-state index is 0.308. The fraction of sp³-hybridized carbons (Fsp3) is 0.185. The molecule has 0 saturated carbocycles. The van der Waals surface area contributed by atoms with Crippen molar-refractivity contribution in [3.8, 4) is 11.5 Å². The number of hydrogen-bond acceptors (Lipinski definition) is 5. The average molecular weight is 443 g/mol. The van der Waals surface area contributed by atoms with Crippen molar-refractivity contribution in [1.82, 2.24) is 4.90 Å². The number of para-hydroxylation sites is 3. The molecule has 0 bridgehead atoms. The number of imide groups is 1. The Hall–Kier alpha value is -4.06. The van der Waals surface area contributed by atoms with Crippen molar-refractivity contribution in [2.75, 3.05) is 25.7 Å². The molecule has 0 aromatic heterocycles. The van der Waals surface area contributed by atoms with Gasteiger partial charge in [-0.2, -0.15) is 0 Å². The Labute approximate surface area is 193 Å². The second kappa shape index (κ2) is 9.61. The molecule has 0 aliphatic carbocycles. The van der Waals surface area contributed by atoms with Crippen molar-refractivity contribution in [2.24, 2.45) is 0 Å². The van der Waals surface area contributed by atoms with Crippen molar-refractivity contribution in [1.29, 1.82) is 0 Å². The van der Waals surface area contributed by atoms with E-state index in [9.17, 15) is 9.59 Å². The van der Waals surface area contributed by atoms with E-state index in [0.717, 1.165) is 5.56 Å². The van der Waals surface area contributed by atoms with Gasteiger partial charge in [0, 0.05) is 19.2 Å². The highest BCUT2D eigenvalue weighted by Gasteiger charge is 2.43. The molecule has 33 heavy (non-hydrogen) atoms. The summed E-state index contributed by atoms with van der Waals surface area (Å²) in [6, 6.07) is 24.1. The van der Waals surface area contributed by atoms with E-state index in [1.54, 1.807) is 37.4 Å². The third-order valence-electron chi connectivity index (χ3n) is 5.49. The zero-order valence-corrected chi connectivity index (χ0v) is 18.9. The van der Waals surface area contributed by atoms with Crippen molar-refractivity contribution < 1.29 is 19.1 Å². The van der Waals surface area contributed by atoms with Gasteiger partial charge in [0.15, 0.2) is 0 Å². The van der Waals surface area contributed by atoms with Gasteiger partial charge in [-0.15, -0.1) is 0 Å². The standard InChI is InChI=1S/C27H26N2O4/c1-4-33-23-17-11-9-15-21(23)29-26(30)24(20-14-8-10-16-22(20)32-3)25(27(29)31)28(2)18-19-12-6-5-7-13-19/h5-17H,4,18H2,1-3H3. The molecule has 1 aliphatic rings. The second-order valence-corrected chi connectivity index (χ2v) is 7.61. The lowest BCUT2D eigenvalue weighted by atomic mass is 10.0. The molecule has 1 heterocycles. The number of anilines is 1. The molecule has 0 atom stereocenters. The number of hydrogen-bond donors (Lipinski definition) is 0. The van der Waals surface area contributed by atoms with Gasteiger partial charge in [-0.1, -0.05) is 60.7 Å². The van der Waals surface area contributed by atoms with Crippen molar-refractivity contribution >= 4 is 23.1 Å². The van der Waals surface area contributed by atoms with Gasteiger partial charge >= 0.3 is 0 Å². The summed E-state index contributed by atoms with van der Waals surface area (Å²) in [5, 5.41) is 0. The molecule has 6 nitrogen and oxygen atoms in total. The van der Waals surface area contributed by atoms with Gasteiger partial charge in [-0.05, 0) is 30.7 Å². The van der Waals surface area contributed by atoms with Crippen LogP contribution in [0.25, 0.3) is 5.57 Å². The van der Waals surface area contributed by atoms with Gasteiger partial charge in [-0.25, -0.2) is 4.90 Å². The summed E-state index contributed by atoms with van der Waals surface area (Å²) in [7, 11) is 3.37. The topological polar surface area (TPSA) is 59.1 Å². The third-order valence-corrected chi connectivity index (χ3v) is 5.49. The number of amides is 2. The fourth-order valence-corrected chi connectivity index (χ4v) is 4.04. The number of rotatable bonds is 8. The van der Waals surface area contributed by atoms with E-state index in [-0.39, 0.29) is 0 Å². The molecule has 4 rings (SSSR count). The molecule has 1 aliphatic heterocycles. The van der Waals surface area contributed by atoms with E-state index in [1.165, 1.54) is 4.90 Å². The van der Waals surface area contributed by atoms with Crippen LogP contribution in [0.3, 0.4) is 0 Å². The summed E-state index contributed by atoms with van der Waals surface area (Å²) in [5.74, 6) is 0.199. The number of carbonyl (C=O) groups is 2. The first-order valence-corrected chi connectivity index (χ1v) is 10.8. The van der Waals surface area contributed by atoms with Gasteiger partial charge in [0.1, 0.15) is 17.2 Å². The molecule has 3 aromatic carbocycles. The van der Waals surface area contributed by atoms with E-state index in [0.29, 0.717) is 47.2 Å². The van der Waals surface area contributed by atoms with E-state index in [4.69, 9.17) is 9.47 Å². The molecule has 3 aromatic rings. The normalized spacial score (nSPS) is 13.5. The largest absolute Gasteiger partial charge is 0.496 e. The average Bonchev–Trinajstić information content (AvgIpc) is 3.10. The van der Waals surface area contributed by atoms with E-state index >= 15 is 0 Å². The zero-order valence-electron chi connectivity index (χ0n) is 18.9. The van der Waals surface area contributed by atoms with Crippen LogP contribution < -0.4 is 14.4 Å². The molecule has 6 heteroatoms. The second-order valence-electron chi connectivity index (χ2n) is 7.61. The van der Waals surface area contributed by atoms with E-state index in [1.807, 2.05) is 67.4 Å². The lowest BCUT2D eigenvalue weighted by Crippen LogP contribution is -2.34. The van der Waals surface area contributed by atoms with Crippen LogP contribution in [0.1, 0.15) is 18.1 Å². The fourth-order valence-electron chi connectivity index (χ4n) is 4.04. The maximum absolute atomic E-state index is 13.8. The summed E-state index contributed by atoms with van der Waals surface area (Å²) in [6.45, 7) is 2.75. The highest BCUT2D eigenvalue weighted by molar-refractivity contribution is 6.46. The van der Waals surface area contributed by atoms with Crippen LogP contribution in [0.4, 0.5) is 5.69 Å².